The first-order valence-corrected chi connectivity index (χ1v) is 6.73. The Morgan fingerprint density at radius 3 is 2.50 bits per heavy atom. The van der Waals surface area contributed by atoms with Crippen LogP contribution in [0.5, 0.6) is 11.5 Å². The van der Waals surface area contributed by atoms with Crippen LogP contribution in [-0.4, -0.2) is 21.3 Å². The summed E-state index contributed by atoms with van der Waals surface area (Å²) in [5.74, 6) is 1.42. The van der Waals surface area contributed by atoms with Crippen LogP contribution in [0.25, 0.3) is 11.1 Å². The summed E-state index contributed by atoms with van der Waals surface area (Å²) < 4.78 is 10.8. The molecule has 1 N–H and O–H groups in total. The Morgan fingerprint density at radius 2 is 1.90 bits per heavy atom. The molecule has 0 aliphatic carbocycles. The van der Waals surface area contributed by atoms with Crippen LogP contribution in [0.1, 0.15) is 5.56 Å². The molecule has 0 saturated carbocycles. The number of hydrogen-bond donors (Lipinski definition) is 1. The van der Waals surface area contributed by atoms with Gasteiger partial charge >= 0.3 is 0 Å². The van der Waals surface area contributed by atoms with Gasteiger partial charge in [0.1, 0.15) is 0 Å². The van der Waals surface area contributed by atoms with Crippen molar-refractivity contribution in [1.82, 2.24) is 5.32 Å². The SMILES string of the molecule is CNCc1ccc(-c2cccc(OC)c2OC)cc1Cl. The normalized spacial score (nSPS) is 10.4. The van der Waals surface area contributed by atoms with E-state index in [4.69, 9.17) is 21.1 Å². The second kappa shape index (κ2) is 6.64. The number of benzene rings is 2. The summed E-state index contributed by atoms with van der Waals surface area (Å²) in [7, 11) is 5.16. The molecule has 2 rings (SSSR count). The Kier molecular flexibility index (Phi) is 4.88. The molecular formula is C16H18ClNO2. The number of hydrogen-bond acceptors (Lipinski definition) is 3. The van der Waals surface area contributed by atoms with Crippen molar-refractivity contribution < 1.29 is 9.47 Å². The lowest BCUT2D eigenvalue weighted by molar-refractivity contribution is 0.356. The standard InChI is InChI=1S/C16H18ClNO2/c1-18-10-12-8-7-11(9-14(12)17)13-5-4-6-15(19-2)16(13)20-3/h4-9,18H,10H2,1-3H3. The van der Waals surface area contributed by atoms with Crippen molar-refractivity contribution in [3.8, 4) is 22.6 Å². The molecule has 0 unspecified atom stereocenters. The molecule has 0 bridgehead atoms. The fraction of sp³-hybridized carbons (Fsp3) is 0.250. The summed E-state index contributed by atoms with van der Waals surface area (Å²) in [4.78, 5) is 0. The minimum absolute atomic E-state index is 0.709. The Hall–Kier alpha value is -1.71. The molecule has 106 valence electrons. The van der Waals surface area contributed by atoms with Gasteiger partial charge in [-0.15, -0.1) is 0 Å². The first kappa shape index (κ1) is 14.7. The van der Waals surface area contributed by atoms with E-state index in [1.54, 1.807) is 14.2 Å². The smallest absolute Gasteiger partial charge is 0.168 e. The first-order chi connectivity index (χ1) is 9.71. The molecule has 0 heterocycles. The van der Waals surface area contributed by atoms with Crippen molar-refractivity contribution in [2.75, 3.05) is 21.3 Å². The molecule has 0 spiro atoms. The van der Waals surface area contributed by atoms with Gasteiger partial charge in [0, 0.05) is 17.1 Å². The van der Waals surface area contributed by atoms with Crippen molar-refractivity contribution >= 4 is 11.6 Å². The molecule has 4 heteroatoms. The van der Waals surface area contributed by atoms with Gasteiger partial charge in [0.2, 0.25) is 0 Å². The van der Waals surface area contributed by atoms with Crippen molar-refractivity contribution in [2.24, 2.45) is 0 Å². The zero-order valence-electron chi connectivity index (χ0n) is 11.9. The molecule has 0 fully saturated rings. The number of para-hydroxylation sites is 1. The van der Waals surface area contributed by atoms with Crippen molar-refractivity contribution in [3.63, 3.8) is 0 Å². The summed E-state index contributed by atoms with van der Waals surface area (Å²) in [5.41, 5.74) is 3.04. The van der Waals surface area contributed by atoms with Crippen LogP contribution in [0.4, 0.5) is 0 Å². The second-order valence-electron chi connectivity index (χ2n) is 4.38. The topological polar surface area (TPSA) is 30.5 Å². The fourth-order valence-electron chi connectivity index (χ4n) is 2.16. The van der Waals surface area contributed by atoms with E-state index in [9.17, 15) is 0 Å². The Morgan fingerprint density at radius 1 is 1.10 bits per heavy atom. The third-order valence-corrected chi connectivity index (χ3v) is 3.49. The van der Waals surface area contributed by atoms with Gasteiger partial charge in [0.15, 0.2) is 11.5 Å². The maximum atomic E-state index is 6.32. The van der Waals surface area contributed by atoms with E-state index in [-0.39, 0.29) is 0 Å². The zero-order chi connectivity index (χ0) is 14.5. The lowest BCUT2D eigenvalue weighted by atomic mass is 10.0. The van der Waals surface area contributed by atoms with E-state index in [2.05, 4.69) is 5.32 Å². The van der Waals surface area contributed by atoms with Crippen LogP contribution in [-0.2, 0) is 6.54 Å². The summed E-state index contributed by atoms with van der Waals surface area (Å²) in [5, 5.41) is 3.83. The maximum Gasteiger partial charge on any atom is 0.168 e. The molecule has 0 radical (unpaired) electrons. The highest BCUT2D eigenvalue weighted by atomic mass is 35.5. The molecule has 3 nitrogen and oxygen atoms in total. The number of halogens is 1. The Balaban J connectivity index is 2.49. The van der Waals surface area contributed by atoms with Gasteiger partial charge in [-0.3, -0.25) is 0 Å². The average Bonchev–Trinajstić information content (AvgIpc) is 2.48. The van der Waals surface area contributed by atoms with Gasteiger partial charge in [-0.2, -0.15) is 0 Å². The van der Waals surface area contributed by atoms with E-state index >= 15 is 0 Å². The highest BCUT2D eigenvalue weighted by molar-refractivity contribution is 6.31. The van der Waals surface area contributed by atoms with Crippen LogP contribution >= 0.6 is 11.6 Å². The lowest BCUT2D eigenvalue weighted by Gasteiger charge is -2.13. The van der Waals surface area contributed by atoms with Crippen LogP contribution in [0.15, 0.2) is 36.4 Å². The zero-order valence-corrected chi connectivity index (χ0v) is 12.6. The Bertz CT molecular complexity index is 599. The molecule has 0 aliphatic heterocycles. The highest BCUT2D eigenvalue weighted by Crippen LogP contribution is 2.38. The van der Waals surface area contributed by atoms with Crippen LogP contribution in [0.2, 0.25) is 5.02 Å². The van der Waals surface area contributed by atoms with Crippen LogP contribution in [0, 0.1) is 0 Å². The highest BCUT2D eigenvalue weighted by Gasteiger charge is 2.12. The quantitative estimate of drug-likeness (QED) is 0.910. The molecular weight excluding hydrogens is 274 g/mol. The molecule has 0 saturated heterocycles. The number of nitrogens with one attached hydrogen (secondary N) is 1. The number of rotatable bonds is 5. The minimum atomic E-state index is 0.709. The molecule has 0 aliphatic rings. The van der Waals surface area contributed by atoms with Gasteiger partial charge in [-0.1, -0.05) is 35.9 Å². The molecule has 0 atom stereocenters. The largest absolute Gasteiger partial charge is 0.493 e. The predicted octanol–water partition coefficient (Wildman–Crippen LogP) is 3.74. The predicted molar refractivity (Wildman–Crippen MR) is 82.8 cm³/mol. The summed E-state index contributed by atoms with van der Waals surface area (Å²) >= 11 is 6.32. The van der Waals surface area contributed by atoms with Crippen molar-refractivity contribution in [2.45, 2.75) is 6.54 Å². The number of methoxy groups -OCH3 is 2. The van der Waals surface area contributed by atoms with E-state index in [0.717, 1.165) is 28.3 Å². The van der Waals surface area contributed by atoms with Gasteiger partial charge in [-0.05, 0) is 30.3 Å². The van der Waals surface area contributed by atoms with Crippen LogP contribution < -0.4 is 14.8 Å². The molecule has 20 heavy (non-hydrogen) atoms. The third-order valence-electron chi connectivity index (χ3n) is 3.13. The minimum Gasteiger partial charge on any atom is -0.493 e. The second-order valence-corrected chi connectivity index (χ2v) is 4.78. The molecule has 0 amide bonds. The maximum absolute atomic E-state index is 6.32. The average molecular weight is 292 g/mol. The lowest BCUT2D eigenvalue weighted by Crippen LogP contribution is -2.05. The summed E-state index contributed by atoms with van der Waals surface area (Å²) in [6.07, 6.45) is 0. The monoisotopic (exact) mass is 291 g/mol. The number of ether oxygens (including phenoxy) is 2. The van der Waals surface area contributed by atoms with Crippen molar-refractivity contribution in [1.29, 1.82) is 0 Å². The van der Waals surface area contributed by atoms with Gasteiger partial charge < -0.3 is 14.8 Å². The Labute approximate surface area is 124 Å². The van der Waals surface area contributed by atoms with Gasteiger partial charge in [-0.25, -0.2) is 0 Å². The summed E-state index contributed by atoms with van der Waals surface area (Å²) in [6.45, 7) is 0.744. The molecule has 2 aromatic carbocycles. The van der Waals surface area contributed by atoms with E-state index in [0.29, 0.717) is 11.5 Å². The van der Waals surface area contributed by atoms with E-state index < -0.39 is 0 Å². The molecule has 2 aromatic rings. The molecule has 0 aromatic heterocycles. The first-order valence-electron chi connectivity index (χ1n) is 6.35. The van der Waals surface area contributed by atoms with Crippen LogP contribution in [0.3, 0.4) is 0 Å². The van der Waals surface area contributed by atoms with Crippen molar-refractivity contribution in [3.05, 3.63) is 47.0 Å². The van der Waals surface area contributed by atoms with Gasteiger partial charge in [0.25, 0.3) is 0 Å². The summed E-state index contributed by atoms with van der Waals surface area (Å²) in [6, 6.07) is 11.8. The van der Waals surface area contributed by atoms with E-state index in [1.165, 1.54) is 0 Å². The van der Waals surface area contributed by atoms with E-state index in [1.807, 2.05) is 43.4 Å². The third kappa shape index (κ3) is 2.89. The fourth-order valence-corrected chi connectivity index (χ4v) is 2.41. The van der Waals surface area contributed by atoms with Gasteiger partial charge in [0.05, 0.1) is 14.2 Å².